The van der Waals surface area contributed by atoms with Crippen molar-refractivity contribution in [2.45, 2.75) is 13.3 Å². The fraction of sp³-hybridized carbons (Fsp3) is 0.267. The van der Waals surface area contributed by atoms with Gasteiger partial charge in [0, 0.05) is 49.5 Å². The van der Waals surface area contributed by atoms with Crippen LogP contribution in [0.1, 0.15) is 22.3 Å². The van der Waals surface area contributed by atoms with Gasteiger partial charge in [-0.25, -0.2) is 0 Å². The minimum atomic E-state index is -0.222. The minimum absolute atomic E-state index is 0.112. The van der Waals surface area contributed by atoms with Crippen LogP contribution in [0.5, 0.6) is 0 Å². The summed E-state index contributed by atoms with van der Waals surface area (Å²) in [4.78, 5) is 31.0. The van der Waals surface area contributed by atoms with Gasteiger partial charge < -0.3 is 14.6 Å². The molecule has 1 fully saturated rings. The van der Waals surface area contributed by atoms with E-state index < -0.39 is 0 Å². The standard InChI is InChI=1S/C30H31N3O3/c1-22-27(34)25-14-8-15-26(29(25)36-28(22)23-10-4-2-5-11-23)30(35)31-16-9-17-32-18-20-33(21-19-32)24-12-6-3-7-13-24/h2-8,10-15H,9,16-21H2,1H3,(H,31,35). The average Bonchev–Trinajstić information content (AvgIpc) is 2.94. The first-order valence-electron chi connectivity index (χ1n) is 12.5. The number of hydrogen-bond donors (Lipinski definition) is 1. The second-order valence-corrected chi connectivity index (χ2v) is 9.21. The van der Waals surface area contributed by atoms with E-state index in [0.717, 1.165) is 44.7 Å². The molecule has 6 heteroatoms. The van der Waals surface area contributed by atoms with Gasteiger partial charge in [0.1, 0.15) is 5.76 Å². The summed E-state index contributed by atoms with van der Waals surface area (Å²) < 4.78 is 6.19. The van der Waals surface area contributed by atoms with E-state index in [1.165, 1.54) is 5.69 Å². The van der Waals surface area contributed by atoms with E-state index in [1.807, 2.05) is 36.4 Å². The number of anilines is 1. The molecule has 1 aliphatic heterocycles. The van der Waals surface area contributed by atoms with Crippen LogP contribution in [0.3, 0.4) is 0 Å². The van der Waals surface area contributed by atoms with Crippen molar-refractivity contribution in [3.05, 3.63) is 100 Å². The van der Waals surface area contributed by atoms with Crippen molar-refractivity contribution in [2.24, 2.45) is 0 Å². The van der Waals surface area contributed by atoms with Crippen LogP contribution < -0.4 is 15.6 Å². The number of nitrogens with one attached hydrogen (secondary N) is 1. The Labute approximate surface area is 211 Å². The molecule has 1 N–H and O–H groups in total. The molecule has 0 aliphatic carbocycles. The van der Waals surface area contributed by atoms with Crippen molar-refractivity contribution in [1.82, 2.24) is 10.2 Å². The van der Waals surface area contributed by atoms with E-state index >= 15 is 0 Å². The van der Waals surface area contributed by atoms with Crippen LogP contribution in [-0.4, -0.2) is 50.1 Å². The monoisotopic (exact) mass is 481 g/mol. The number of nitrogens with zero attached hydrogens (tertiary/aromatic N) is 2. The third-order valence-corrected chi connectivity index (χ3v) is 6.86. The Balaban J connectivity index is 1.21. The molecule has 0 unspecified atom stereocenters. The molecule has 1 saturated heterocycles. The van der Waals surface area contributed by atoms with Gasteiger partial charge >= 0.3 is 0 Å². The molecule has 184 valence electrons. The molecule has 2 heterocycles. The predicted octanol–water partition coefficient (Wildman–Crippen LogP) is 4.71. The molecule has 1 amide bonds. The first-order valence-corrected chi connectivity index (χ1v) is 12.5. The van der Waals surface area contributed by atoms with E-state index in [9.17, 15) is 9.59 Å². The lowest BCUT2D eigenvalue weighted by Crippen LogP contribution is -2.47. The van der Waals surface area contributed by atoms with Crippen LogP contribution in [0, 0.1) is 6.92 Å². The Hall–Kier alpha value is -3.90. The summed E-state index contributed by atoms with van der Waals surface area (Å²) >= 11 is 0. The van der Waals surface area contributed by atoms with Crippen molar-refractivity contribution in [2.75, 3.05) is 44.2 Å². The first-order chi connectivity index (χ1) is 17.6. The number of carbonyl (C=O) groups is 1. The molecule has 0 bridgehead atoms. The predicted molar refractivity (Wildman–Crippen MR) is 145 cm³/mol. The highest BCUT2D eigenvalue weighted by Crippen LogP contribution is 2.27. The van der Waals surface area contributed by atoms with Crippen LogP contribution in [0.15, 0.2) is 88.1 Å². The van der Waals surface area contributed by atoms with Gasteiger partial charge in [-0.05, 0) is 44.2 Å². The molecule has 0 atom stereocenters. The quantitative estimate of drug-likeness (QED) is 0.387. The van der Waals surface area contributed by atoms with Crippen LogP contribution in [0.25, 0.3) is 22.3 Å². The zero-order valence-corrected chi connectivity index (χ0v) is 20.6. The number of fused-ring (bicyclic) bond motifs is 1. The molecule has 0 radical (unpaired) electrons. The maximum atomic E-state index is 13.1. The van der Waals surface area contributed by atoms with Gasteiger partial charge in [0.15, 0.2) is 11.0 Å². The van der Waals surface area contributed by atoms with Crippen molar-refractivity contribution in [3.8, 4) is 11.3 Å². The van der Waals surface area contributed by atoms with Gasteiger partial charge in [-0.3, -0.25) is 14.5 Å². The molecule has 36 heavy (non-hydrogen) atoms. The smallest absolute Gasteiger partial charge is 0.255 e. The van der Waals surface area contributed by atoms with E-state index in [1.54, 1.807) is 25.1 Å². The van der Waals surface area contributed by atoms with Crippen LogP contribution in [0.4, 0.5) is 5.69 Å². The molecule has 1 aliphatic rings. The Morgan fingerprint density at radius 1 is 0.889 bits per heavy atom. The Kier molecular flexibility index (Phi) is 7.14. The Morgan fingerprint density at radius 2 is 1.58 bits per heavy atom. The summed E-state index contributed by atoms with van der Waals surface area (Å²) in [6.45, 7) is 7.31. The number of hydrogen-bond acceptors (Lipinski definition) is 5. The SMILES string of the molecule is Cc1c(-c2ccccc2)oc2c(C(=O)NCCCN3CCN(c4ccccc4)CC3)cccc2c1=O. The molecule has 0 saturated carbocycles. The third-order valence-electron chi connectivity index (χ3n) is 6.86. The highest BCUT2D eigenvalue weighted by molar-refractivity contribution is 6.05. The number of amides is 1. The summed E-state index contributed by atoms with van der Waals surface area (Å²) in [5, 5.41) is 3.45. The third kappa shape index (κ3) is 5.04. The minimum Gasteiger partial charge on any atom is -0.455 e. The van der Waals surface area contributed by atoms with Gasteiger partial charge in [0.2, 0.25) is 0 Å². The number of para-hydroxylation sites is 2. The average molecular weight is 482 g/mol. The highest BCUT2D eigenvalue weighted by Gasteiger charge is 2.19. The lowest BCUT2D eigenvalue weighted by molar-refractivity contribution is 0.0952. The van der Waals surface area contributed by atoms with Crippen molar-refractivity contribution in [3.63, 3.8) is 0 Å². The maximum Gasteiger partial charge on any atom is 0.255 e. The van der Waals surface area contributed by atoms with E-state index in [-0.39, 0.29) is 11.3 Å². The topological polar surface area (TPSA) is 65.8 Å². The van der Waals surface area contributed by atoms with Gasteiger partial charge in [0.05, 0.1) is 10.9 Å². The number of carbonyl (C=O) groups excluding carboxylic acids is 1. The summed E-state index contributed by atoms with van der Waals surface area (Å²) in [7, 11) is 0. The van der Waals surface area contributed by atoms with Crippen LogP contribution in [0.2, 0.25) is 0 Å². The van der Waals surface area contributed by atoms with E-state index in [0.29, 0.717) is 34.4 Å². The Bertz CT molecular complexity index is 1390. The molecule has 0 spiro atoms. The zero-order valence-electron chi connectivity index (χ0n) is 20.6. The molecule has 5 rings (SSSR count). The van der Waals surface area contributed by atoms with Crippen molar-refractivity contribution < 1.29 is 9.21 Å². The van der Waals surface area contributed by atoms with Gasteiger partial charge in [0.25, 0.3) is 5.91 Å². The van der Waals surface area contributed by atoms with Crippen molar-refractivity contribution >= 4 is 22.6 Å². The molecular formula is C30H31N3O3. The summed E-state index contributed by atoms with van der Waals surface area (Å²) in [5.74, 6) is 0.281. The van der Waals surface area contributed by atoms with E-state index in [4.69, 9.17) is 4.42 Å². The number of piperazine rings is 1. The maximum absolute atomic E-state index is 13.1. The lowest BCUT2D eigenvalue weighted by Gasteiger charge is -2.36. The number of rotatable bonds is 7. The van der Waals surface area contributed by atoms with Crippen LogP contribution >= 0.6 is 0 Å². The van der Waals surface area contributed by atoms with Gasteiger partial charge in [-0.1, -0.05) is 54.6 Å². The first kappa shape index (κ1) is 23.8. The normalized spacial score (nSPS) is 14.2. The van der Waals surface area contributed by atoms with Gasteiger partial charge in [-0.15, -0.1) is 0 Å². The molecular weight excluding hydrogens is 450 g/mol. The molecule has 1 aromatic heterocycles. The lowest BCUT2D eigenvalue weighted by atomic mass is 10.0. The fourth-order valence-corrected chi connectivity index (χ4v) is 4.82. The molecule has 3 aromatic carbocycles. The fourth-order valence-electron chi connectivity index (χ4n) is 4.82. The second-order valence-electron chi connectivity index (χ2n) is 9.21. The second kappa shape index (κ2) is 10.8. The largest absolute Gasteiger partial charge is 0.455 e. The molecule has 4 aromatic rings. The summed E-state index contributed by atoms with van der Waals surface area (Å²) in [6.07, 6.45) is 0.861. The van der Waals surface area contributed by atoms with Crippen LogP contribution in [-0.2, 0) is 0 Å². The van der Waals surface area contributed by atoms with Crippen molar-refractivity contribution in [1.29, 1.82) is 0 Å². The summed E-state index contributed by atoms with van der Waals surface area (Å²) in [5.41, 5.74) is 3.24. The summed E-state index contributed by atoms with van der Waals surface area (Å²) in [6, 6.07) is 25.2. The molecule has 6 nitrogen and oxygen atoms in total. The van der Waals surface area contributed by atoms with Gasteiger partial charge in [-0.2, -0.15) is 0 Å². The zero-order chi connectivity index (χ0) is 24.9. The Morgan fingerprint density at radius 3 is 2.31 bits per heavy atom. The number of benzene rings is 3. The highest BCUT2D eigenvalue weighted by atomic mass is 16.3. The van der Waals surface area contributed by atoms with E-state index in [2.05, 4.69) is 39.4 Å².